The summed E-state index contributed by atoms with van der Waals surface area (Å²) >= 11 is 6.66. The predicted octanol–water partition coefficient (Wildman–Crippen LogP) is 5.60. The van der Waals surface area contributed by atoms with Gasteiger partial charge in [-0.25, -0.2) is 9.07 Å². The van der Waals surface area contributed by atoms with E-state index in [1.807, 2.05) is 49.5 Å². The van der Waals surface area contributed by atoms with Gasteiger partial charge in [0.25, 0.3) is 5.91 Å². The van der Waals surface area contributed by atoms with Crippen molar-refractivity contribution in [2.75, 3.05) is 6.54 Å². The summed E-state index contributed by atoms with van der Waals surface area (Å²) in [6.07, 6.45) is 4.49. The van der Waals surface area contributed by atoms with Crippen LogP contribution in [0.25, 0.3) is 23.0 Å². The summed E-state index contributed by atoms with van der Waals surface area (Å²) in [5.41, 5.74) is 3.45. The van der Waals surface area contributed by atoms with Crippen LogP contribution >= 0.6 is 24.0 Å². The number of amides is 1. The number of halogens is 1. The van der Waals surface area contributed by atoms with E-state index in [0.717, 1.165) is 17.7 Å². The maximum atomic E-state index is 14.2. The first-order chi connectivity index (χ1) is 14.5. The van der Waals surface area contributed by atoms with Gasteiger partial charge in [0.15, 0.2) is 0 Å². The average Bonchev–Trinajstić information content (AvgIpc) is 3.28. The minimum absolute atomic E-state index is 0.0969. The molecule has 1 fully saturated rings. The quantitative estimate of drug-likeness (QED) is 0.385. The van der Waals surface area contributed by atoms with Gasteiger partial charge in [0, 0.05) is 23.9 Å². The number of benzene rings is 2. The molecule has 4 rings (SSSR count). The lowest BCUT2D eigenvalue weighted by Crippen LogP contribution is -2.28. The Morgan fingerprint density at radius 2 is 1.97 bits per heavy atom. The van der Waals surface area contributed by atoms with Crippen molar-refractivity contribution >= 4 is 40.3 Å². The largest absolute Gasteiger partial charge is 0.293 e. The fourth-order valence-electron chi connectivity index (χ4n) is 3.23. The van der Waals surface area contributed by atoms with Gasteiger partial charge in [0.05, 0.1) is 10.6 Å². The number of thioether (sulfide) groups is 1. The number of thiocarbonyl (C=S) groups is 1. The molecule has 1 saturated heterocycles. The minimum Gasteiger partial charge on any atom is -0.293 e. The highest BCUT2D eigenvalue weighted by atomic mass is 32.2. The van der Waals surface area contributed by atoms with Crippen LogP contribution in [0.15, 0.2) is 59.6 Å². The number of aromatic nitrogens is 2. The van der Waals surface area contributed by atoms with E-state index in [1.54, 1.807) is 28.6 Å². The maximum absolute atomic E-state index is 14.2. The summed E-state index contributed by atoms with van der Waals surface area (Å²) in [5, 5.41) is 4.70. The number of hydrogen-bond donors (Lipinski definition) is 0. The number of para-hydroxylation sites is 1. The Bertz CT molecular complexity index is 1150. The van der Waals surface area contributed by atoms with Crippen molar-refractivity contribution in [3.8, 4) is 16.9 Å². The summed E-state index contributed by atoms with van der Waals surface area (Å²) in [6, 6.07) is 14.7. The van der Waals surface area contributed by atoms with Crippen LogP contribution in [0.5, 0.6) is 0 Å². The van der Waals surface area contributed by atoms with E-state index in [-0.39, 0.29) is 11.7 Å². The van der Waals surface area contributed by atoms with E-state index in [4.69, 9.17) is 17.3 Å². The summed E-state index contributed by atoms with van der Waals surface area (Å²) in [6.45, 7) is 4.33. The molecule has 1 aliphatic heterocycles. The lowest BCUT2D eigenvalue weighted by molar-refractivity contribution is -0.122. The van der Waals surface area contributed by atoms with Gasteiger partial charge in [-0.3, -0.25) is 9.69 Å². The van der Waals surface area contributed by atoms with E-state index in [1.165, 1.54) is 17.8 Å². The van der Waals surface area contributed by atoms with Crippen molar-refractivity contribution < 1.29 is 9.18 Å². The molecule has 30 heavy (non-hydrogen) atoms. The van der Waals surface area contributed by atoms with Gasteiger partial charge in [-0.15, -0.1) is 0 Å². The summed E-state index contributed by atoms with van der Waals surface area (Å²) in [4.78, 5) is 15.0. The maximum Gasteiger partial charge on any atom is 0.266 e. The summed E-state index contributed by atoms with van der Waals surface area (Å²) < 4.78 is 16.6. The Balaban J connectivity index is 1.82. The smallest absolute Gasteiger partial charge is 0.266 e. The molecule has 0 aliphatic carbocycles. The number of nitrogens with zero attached hydrogens (tertiary/aromatic N) is 3. The SMILES string of the molecule is CCCN1C(=O)/C(=C/c2cn(-c3ccccc3)nc2-c2ccc(C)c(F)c2)SC1=S. The van der Waals surface area contributed by atoms with Crippen LogP contribution in [-0.4, -0.2) is 31.5 Å². The second-order valence-electron chi connectivity index (χ2n) is 7.01. The fourth-order valence-corrected chi connectivity index (χ4v) is 4.53. The first-order valence-electron chi connectivity index (χ1n) is 9.65. The van der Waals surface area contributed by atoms with Crippen molar-refractivity contribution in [2.45, 2.75) is 20.3 Å². The molecule has 0 atom stereocenters. The van der Waals surface area contributed by atoms with E-state index in [0.29, 0.717) is 32.6 Å². The fraction of sp³-hybridized carbons (Fsp3) is 0.174. The average molecular weight is 438 g/mol. The monoisotopic (exact) mass is 437 g/mol. The summed E-state index contributed by atoms with van der Waals surface area (Å²) in [7, 11) is 0. The molecule has 1 aromatic heterocycles. The number of carbonyl (C=O) groups excluding carboxylic acids is 1. The van der Waals surface area contributed by atoms with Crippen LogP contribution in [0.2, 0.25) is 0 Å². The molecule has 0 saturated carbocycles. The van der Waals surface area contributed by atoms with E-state index in [9.17, 15) is 9.18 Å². The third kappa shape index (κ3) is 3.95. The highest BCUT2D eigenvalue weighted by Gasteiger charge is 2.31. The molecule has 0 unspecified atom stereocenters. The van der Waals surface area contributed by atoms with Crippen LogP contribution in [-0.2, 0) is 4.79 Å². The van der Waals surface area contributed by atoms with E-state index in [2.05, 4.69) is 0 Å². The van der Waals surface area contributed by atoms with Gasteiger partial charge in [-0.1, -0.05) is 61.2 Å². The lowest BCUT2D eigenvalue weighted by atomic mass is 10.1. The topological polar surface area (TPSA) is 38.1 Å². The van der Waals surface area contributed by atoms with Gasteiger partial charge in [-0.05, 0) is 43.2 Å². The highest BCUT2D eigenvalue weighted by Crippen LogP contribution is 2.35. The van der Waals surface area contributed by atoms with Crippen LogP contribution < -0.4 is 0 Å². The van der Waals surface area contributed by atoms with Crippen molar-refractivity contribution in [3.05, 3.63) is 76.6 Å². The highest BCUT2D eigenvalue weighted by molar-refractivity contribution is 8.26. The van der Waals surface area contributed by atoms with Crippen LogP contribution in [0, 0.1) is 12.7 Å². The van der Waals surface area contributed by atoms with Crippen LogP contribution in [0.1, 0.15) is 24.5 Å². The lowest BCUT2D eigenvalue weighted by Gasteiger charge is -2.11. The van der Waals surface area contributed by atoms with E-state index < -0.39 is 0 Å². The molecule has 7 heteroatoms. The molecular weight excluding hydrogens is 417 g/mol. The Labute approximate surface area is 184 Å². The first-order valence-corrected chi connectivity index (χ1v) is 10.9. The Hall–Kier alpha value is -2.77. The predicted molar refractivity (Wildman–Crippen MR) is 124 cm³/mol. The minimum atomic E-state index is -0.290. The second-order valence-corrected chi connectivity index (χ2v) is 8.69. The van der Waals surface area contributed by atoms with Crippen molar-refractivity contribution in [1.29, 1.82) is 0 Å². The molecule has 4 nitrogen and oxygen atoms in total. The summed E-state index contributed by atoms with van der Waals surface area (Å²) in [5.74, 6) is -0.387. The molecule has 1 aliphatic rings. The number of rotatable bonds is 5. The first kappa shape index (κ1) is 20.5. The van der Waals surface area contributed by atoms with Gasteiger partial charge in [0.1, 0.15) is 15.8 Å². The molecule has 0 N–H and O–H groups in total. The van der Waals surface area contributed by atoms with Gasteiger partial charge in [-0.2, -0.15) is 5.10 Å². The number of aryl methyl sites for hydroxylation is 1. The number of hydrogen-bond acceptors (Lipinski definition) is 4. The molecular formula is C23H20FN3OS2. The van der Waals surface area contributed by atoms with Gasteiger partial charge >= 0.3 is 0 Å². The molecule has 0 radical (unpaired) electrons. The molecule has 2 heterocycles. The Morgan fingerprint density at radius 1 is 1.20 bits per heavy atom. The normalized spacial score (nSPS) is 15.4. The standard InChI is InChI=1S/C23H20FN3OS2/c1-3-11-26-22(28)20(30-23(26)29)13-17-14-27(18-7-5-4-6-8-18)25-21(17)16-10-9-15(2)19(24)12-16/h4-10,12-14H,3,11H2,1-2H3/b20-13-. The molecule has 0 spiro atoms. The van der Waals surface area contributed by atoms with Crippen LogP contribution in [0.4, 0.5) is 4.39 Å². The number of carbonyl (C=O) groups is 1. The van der Waals surface area contributed by atoms with Gasteiger partial charge in [0.2, 0.25) is 0 Å². The molecule has 152 valence electrons. The zero-order chi connectivity index (χ0) is 21.3. The second kappa shape index (κ2) is 8.53. The third-order valence-corrected chi connectivity index (χ3v) is 6.19. The van der Waals surface area contributed by atoms with Crippen LogP contribution in [0.3, 0.4) is 0 Å². The third-order valence-electron chi connectivity index (χ3n) is 4.82. The Morgan fingerprint density at radius 3 is 2.67 bits per heavy atom. The van der Waals surface area contributed by atoms with Crippen molar-refractivity contribution in [1.82, 2.24) is 14.7 Å². The van der Waals surface area contributed by atoms with Crippen molar-refractivity contribution in [2.24, 2.45) is 0 Å². The molecule has 3 aromatic rings. The molecule has 2 aromatic carbocycles. The van der Waals surface area contributed by atoms with Gasteiger partial charge < -0.3 is 0 Å². The molecule has 0 bridgehead atoms. The zero-order valence-electron chi connectivity index (χ0n) is 16.6. The van der Waals surface area contributed by atoms with Crippen molar-refractivity contribution in [3.63, 3.8) is 0 Å². The zero-order valence-corrected chi connectivity index (χ0v) is 18.3. The Kier molecular flexibility index (Phi) is 5.83. The molecule has 1 amide bonds. The van der Waals surface area contributed by atoms with E-state index >= 15 is 0 Å².